The molecule has 14 nitrogen and oxygen atoms in total. The molecule has 14 heteroatoms. The van der Waals surface area contributed by atoms with Gasteiger partial charge in [0.1, 0.15) is 48.8 Å². The number of unbranched alkanes of at least 4 members (excludes halogenated alkanes) is 27. The van der Waals surface area contributed by atoms with Gasteiger partial charge in [-0.25, -0.2) is 0 Å². The maximum absolute atomic E-state index is 12.8. The Kier molecular flexibility index (Phi) is 34.2. The molecule has 2 fully saturated rings. The van der Waals surface area contributed by atoms with Gasteiger partial charge in [0.2, 0.25) is 5.91 Å². The number of carbonyl (C=O) groups is 1. The van der Waals surface area contributed by atoms with Crippen molar-refractivity contribution in [1.29, 1.82) is 0 Å². The summed E-state index contributed by atoms with van der Waals surface area (Å²) >= 11 is 0. The maximum atomic E-state index is 12.8. The van der Waals surface area contributed by atoms with Crippen molar-refractivity contribution in [2.45, 2.75) is 286 Å². The second-order valence-electron chi connectivity index (χ2n) is 18.7. The Morgan fingerprint density at radius 3 is 1.35 bits per heavy atom. The number of aliphatic hydroxyl groups excluding tert-OH is 8. The zero-order valence-electron chi connectivity index (χ0n) is 39.6. The van der Waals surface area contributed by atoms with Gasteiger partial charge in [-0.1, -0.05) is 194 Å². The van der Waals surface area contributed by atoms with E-state index in [9.17, 15) is 45.6 Å². The van der Waals surface area contributed by atoms with Gasteiger partial charge in [-0.3, -0.25) is 4.79 Å². The van der Waals surface area contributed by atoms with Crippen LogP contribution in [0.1, 0.15) is 213 Å². The highest BCUT2D eigenvalue weighted by Gasteiger charge is 2.51. The predicted octanol–water partition coefficient (Wildman–Crippen LogP) is 6.61. The van der Waals surface area contributed by atoms with Crippen molar-refractivity contribution < 1.29 is 64.6 Å². The topological polar surface area (TPSA) is 228 Å². The number of nitrogens with one attached hydrogen (secondary N) is 1. The average molecular weight is 906 g/mol. The largest absolute Gasteiger partial charge is 0.394 e. The van der Waals surface area contributed by atoms with Crippen molar-refractivity contribution in [2.75, 3.05) is 19.8 Å². The van der Waals surface area contributed by atoms with E-state index in [0.717, 1.165) is 38.5 Å². The summed E-state index contributed by atoms with van der Waals surface area (Å²) in [6, 6.07) is -0.818. The number of aliphatic hydroxyl groups is 8. The van der Waals surface area contributed by atoms with Gasteiger partial charge < -0.3 is 65.1 Å². The Morgan fingerprint density at radius 2 is 0.905 bits per heavy atom. The molecule has 0 aromatic carbocycles. The molecule has 0 radical (unpaired) electrons. The third kappa shape index (κ3) is 24.5. The van der Waals surface area contributed by atoms with E-state index in [1.165, 1.54) is 141 Å². The summed E-state index contributed by atoms with van der Waals surface area (Å²) in [5.41, 5.74) is 0. The first kappa shape index (κ1) is 58.1. The number of ether oxygens (including phenoxy) is 4. The second kappa shape index (κ2) is 37.0. The Labute approximate surface area is 381 Å². The van der Waals surface area contributed by atoms with Crippen molar-refractivity contribution in [3.63, 3.8) is 0 Å². The Hall–Kier alpha value is -1.01. The summed E-state index contributed by atoms with van der Waals surface area (Å²) in [5, 5.41) is 86.2. The SMILES string of the molecule is CCCCCCCCCCCCCCCCCCCCCCCCCCCCC(O)C(COC1OC(CO)C(OC2OC(CO)C(O)C(O)C2O)C(O)C1O)NC(=O)CCCCC. The van der Waals surface area contributed by atoms with Gasteiger partial charge in [-0.05, 0) is 12.8 Å². The minimum Gasteiger partial charge on any atom is -0.394 e. The summed E-state index contributed by atoms with van der Waals surface area (Å²) < 4.78 is 22.6. The van der Waals surface area contributed by atoms with Crippen LogP contribution in [0.4, 0.5) is 0 Å². The molecule has 1 amide bonds. The minimum absolute atomic E-state index is 0.229. The highest BCUT2D eigenvalue weighted by molar-refractivity contribution is 5.76. The minimum atomic E-state index is -1.78. The monoisotopic (exact) mass is 906 g/mol. The van der Waals surface area contributed by atoms with Crippen LogP contribution in [0.3, 0.4) is 0 Å². The fourth-order valence-corrected chi connectivity index (χ4v) is 8.83. The first-order valence-corrected chi connectivity index (χ1v) is 25.8. The smallest absolute Gasteiger partial charge is 0.220 e. The fourth-order valence-electron chi connectivity index (χ4n) is 8.83. The Morgan fingerprint density at radius 1 is 0.508 bits per heavy atom. The lowest BCUT2D eigenvalue weighted by atomic mass is 9.97. The number of carbonyl (C=O) groups excluding carboxylic acids is 1. The van der Waals surface area contributed by atoms with Crippen LogP contribution in [0, 0.1) is 0 Å². The maximum Gasteiger partial charge on any atom is 0.220 e. The summed E-state index contributed by atoms with van der Waals surface area (Å²) in [5.74, 6) is -0.229. The quantitative estimate of drug-likeness (QED) is 0.0296. The van der Waals surface area contributed by atoms with E-state index in [0.29, 0.717) is 19.3 Å². The van der Waals surface area contributed by atoms with Crippen LogP contribution >= 0.6 is 0 Å². The molecule has 2 heterocycles. The van der Waals surface area contributed by atoms with E-state index in [2.05, 4.69) is 12.2 Å². The van der Waals surface area contributed by atoms with Crippen LogP contribution in [-0.2, 0) is 23.7 Å². The molecular weight excluding hydrogens is 811 g/mol. The van der Waals surface area contributed by atoms with Gasteiger partial charge >= 0.3 is 0 Å². The molecule has 0 spiro atoms. The normalized spacial score (nSPS) is 27.4. The lowest BCUT2D eigenvalue weighted by molar-refractivity contribution is -0.359. The summed E-state index contributed by atoms with van der Waals surface area (Å²) in [6.07, 6.45) is 20.9. The van der Waals surface area contributed by atoms with E-state index in [4.69, 9.17) is 18.9 Å². The molecule has 2 aliphatic heterocycles. The zero-order chi connectivity index (χ0) is 46.1. The summed E-state index contributed by atoms with van der Waals surface area (Å²) in [6.45, 7) is 2.68. The molecule has 0 aromatic heterocycles. The molecule has 12 unspecified atom stereocenters. The number of rotatable bonds is 40. The van der Waals surface area contributed by atoms with Crippen molar-refractivity contribution in [1.82, 2.24) is 5.32 Å². The molecule has 2 rings (SSSR count). The molecule has 0 bridgehead atoms. The van der Waals surface area contributed by atoms with E-state index in [-0.39, 0.29) is 12.5 Å². The van der Waals surface area contributed by atoms with Gasteiger partial charge in [-0.2, -0.15) is 0 Å². The standard InChI is InChI=1S/C49H95NO13/c1-3-5-7-8-9-10-11-12-13-14-15-16-17-18-19-20-21-22-23-24-25-26-27-28-29-31-32-38(53)37(50-41(54)33-30-6-4-2)36-60-48-46(59)44(57)47(40(35-52)62-48)63-49-45(58)43(56)42(55)39(34-51)61-49/h37-40,42-49,51-53,55-59H,3-36H2,1-2H3,(H,50,54). The molecule has 2 aliphatic rings. The molecule has 9 N–H and O–H groups in total. The average Bonchev–Trinajstić information content (AvgIpc) is 3.28. The highest BCUT2D eigenvalue weighted by Crippen LogP contribution is 2.30. The highest BCUT2D eigenvalue weighted by atomic mass is 16.7. The van der Waals surface area contributed by atoms with Crippen molar-refractivity contribution in [3.05, 3.63) is 0 Å². The molecule has 0 saturated carbocycles. The first-order chi connectivity index (χ1) is 30.6. The lowest BCUT2D eigenvalue weighted by Crippen LogP contribution is -2.65. The first-order valence-electron chi connectivity index (χ1n) is 25.8. The van der Waals surface area contributed by atoms with Crippen LogP contribution in [0.25, 0.3) is 0 Å². The second-order valence-corrected chi connectivity index (χ2v) is 18.7. The molecular formula is C49H95NO13. The van der Waals surface area contributed by atoms with Crippen molar-refractivity contribution >= 4 is 5.91 Å². The van der Waals surface area contributed by atoms with Crippen molar-refractivity contribution in [3.8, 4) is 0 Å². The van der Waals surface area contributed by atoms with Crippen LogP contribution in [-0.4, -0.2) is 140 Å². The van der Waals surface area contributed by atoms with Crippen LogP contribution in [0.5, 0.6) is 0 Å². The van der Waals surface area contributed by atoms with Gasteiger partial charge in [0.25, 0.3) is 0 Å². The summed E-state index contributed by atoms with van der Waals surface area (Å²) in [4.78, 5) is 12.8. The van der Waals surface area contributed by atoms with Gasteiger partial charge in [-0.15, -0.1) is 0 Å². The van der Waals surface area contributed by atoms with E-state index >= 15 is 0 Å². The van der Waals surface area contributed by atoms with Gasteiger partial charge in [0, 0.05) is 6.42 Å². The molecule has 0 aliphatic carbocycles. The molecule has 2 saturated heterocycles. The van der Waals surface area contributed by atoms with E-state index in [1.54, 1.807) is 0 Å². The van der Waals surface area contributed by atoms with E-state index < -0.39 is 86.8 Å². The Balaban J connectivity index is 1.61. The molecule has 12 atom stereocenters. The zero-order valence-corrected chi connectivity index (χ0v) is 39.6. The van der Waals surface area contributed by atoms with Gasteiger partial charge in [0.15, 0.2) is 12.6 Å². The van der Waals surface area contributed by atoms with E-state index in [1.807, 2.05) is 6.92 Å². The van der Waals surface area contributed by atoms with Crippen molar-refractivity contribution in [2.24, 2.45) is 0 Å². The Bertz CT molecular complexity index is 1070. The molecule has 0 aromatic rings. The van der Waals surface area contributed by atoms with Crippen LogP contribution in [0.2, 0.25) is 0 Å². The third-order valence-electron chi connectivity index (χ3n) is 13.1. The van der Waals surface area contributed by atoms with Crippen LogP contribution < -0.4 is 5.32 Å². The van der Waals surface area contributed by atoms with Gasteiger partial charge in [0.05, 0.1) is 32.0 Å². The fraction of sp³-hybridized carbons (Fsp3) is 0.980. The number of amides is 1. The van der Waals surface area contributed by atoms with Crippen LogP contribution in [0.15, 0.2) is 0 Å². The number of hydrogen-bond donors (Lipinski definition) is 9. The summed E-state index contributed by atoms with van der Waals surface area (Å²) in [7, 11) is 0. The lowest BCUT2D eigenvalue weighted by Gasteiger charge is -2.46. The third-order valence-corrected chi connectivity index (χ3v) is 13.1. The molecule has 63 heavy (non-hydrogen) atoms. The number of hydrogen-bond acceptors (Lipinski definition) is 13. The molecule has 374 valence electrons. The predicted molar refractivity (Wildman–Crippen MR) is 245 cm³/mol.